The van der Waals surface area contributed by atoms with Crippen molar-refractivity contribution in [3.8, 4) is 0 Å². The summed E-state index contributed by atoms with van der Waals surface area (Å²) in [6.45, 7) is 3.49. The van der Waals surface area contributed by atoms with Gasteiger partial charge in [0.05, 0.1) is 17.4 Å². The lowest BCUT2D eigenvalue weighted by molar-refractivity contribution is 0.425. The van der Waals surface area contributed by atoms with Gasteiger partial charge in [0.15, 0.2) is 0 Å². The van der Waals surface area contributed by atoms with Gasteiger partial charge in [-0.2, -0.15) is 0 Å². The molecule has 2 N–H and O–H groups in total. The molecule has 3 heteroatoms. The fourth-order valence-electron chi connectivity index (χ4n) is 1.91. The Hall–Kier alpha value is -1.35. The van der Waals surface area contributed by atoms with E-state index in [2.05, 4.69) is 22.2 Å². The first-order chi connectivity index (χ1) is 7.86. The molecule has 1 aliphatic rings. The largest absolute Gasteiger partial charge is 0.345 e. The molecule has 2 aromatic rings. The summed E-state index contributed by atoms with van der Waals surface area (Å²) in [6, 6.07) is 8.73. The van der Waals surface area contributed by atoms with E-state index in [4.69, 9.17) is 0 Å². The van der Waals surface area contributed by atoms with Crippen LogP contribution in [-0.2, 0) is 0 Å². The van der Waals surface area contributed by atoms with Gasteiger partial charge in [0.2, 0.25) is 0 Å². The van der Waals surface area contributed by atoms with Crippen LogP contribution in [0.3, 0.4) is 0 Å². The van der Waals surface area contributed by atoms with Gasteiger partial charge in [-0.1, -0.05) is 18.6 Å². The van der Waals surface area contributed by atoms with Crippen LogP contribution in [-0.4, -0.2) is 22.6 Å². The van der Waals surface area contributed by atoms with Gasteiger partial charge in [-0.05, 0) is 38.4 Å². The fourth-order valence-corrected chi connectivity index (χ4v) is 1.91. The second-order valence-electron chi connectivity index (χ2n) is 4.27. The minimum absolute atomic E-state index is 0.786. The monoisotopic (exact) mass is 217 g/mol. The summed E-state index contributed by atoms with van der Waals surface area (Å²) in [5.41, 5.74) is 2.12. The standard InChI is InChI=1S/C7H6N2.C6H13N/c1-2-4-7-6(3-1)8-5-9-7;1-6-4-2-3-5-7-6/h1-5H,(H,8,9);6-7H,2-5H2,1H3. The zero-order valence-electron chi connectivity index (χ0n) is 9.74. The first-order valence-electron chi connectivity index (χ1n) is 5.98. The molecule has 0 bridgehead atoms. The fraction of sp³-hybridized carbons (Fsp3) is 0.462. The number of hydrogen-bond acceptors (Lipinski definition) is 2. The van der Waals surface area contributed by atoms with Crippen molar-refractivity contribution in [2.45, 2.75) is 32.2 Å². The first-order valence-corrected chi connectivity index (χ1v) is 5.98. The van der Waals surface area contributed by atoms with Crippen LogP contribution < -0.4 is 5.32 Å². The Kier molecular flexibility index (Phi) is 3.94. The number of para-hydroxylation sites is 2. The molecular formula is C13H19N3. The number of rotatable bonds is 0. The van der Waals surface area contributed by atoms with E-state index >= 15 is 0 Å². The van der Waals surface area contributed by atoms with E-state index in [0.717, 1.165) is 17.1 Å². The maximum absolute atomic E-state index is 4.06. The number of fused-ring (bicyclic) bond motifs is 1. The van der Waals surface area contributed by atoms with E-state index in [1.165, 1.54) is 25.8 Å². The van der Waals surface area contributed by atoms with Gasteiger partial charge in [-0.15, -0.1) is 0 Å². The van der Waals surface area contributed by atoms with Crippen LogP contribution in [0.15, 0.2) is 30.6 Å². The van der Waals surface area contributed by atoms with Crippen LogP contribution >= 0.6 is 0 Å². The normalized spacial score (nSPS) is 20.2. The Labute approximate surface area is 96.3 Å². The highest BCUT2D eigenvalue weighted by molar-refractivity contribution is 5.73. The molecule has 0 amide bonds. The summed E-state index contributed by atoms with van der Waals surface area (Å²) in [5, 5.41) is 3.38. The van der Waals surface area contributed by atoms with E-state index in [9.17, 15) is 0 Å². The van der Waals surface area contributed by atoms with Gasteiger partial charge < -0.3 is 10.3 Å². The lowest BCUT2D eigenvalue weighted by Gasteiger charge is -2.18. The third-order valence-corrected chi connectivity index (χ3v) is 2.88. The highest BCUT2D eigenvalue weighted by Crippen LogP contribution is 2.05. The second-order valence-corrected chi connectivity index (χ2v) is 4.27. The van der Waals surface area contributed by atoms with E-state index in [1.807, 2.05) is 24.3 Å². The average molecular weight is 217 g/mol. The van der Waals surface area contributed by atoms with Gasteiger partial charge in [0.25, 0.3) is 0 Å². The molecule has 1 atom stereocenters. The van der Waals surface area contributed by atoms with Crippen LogP contribution in [0.5, 0.6) is 0 Å². The topological polar surface area (TPSA) is 40.7 Å². The zero-order chi connectivity index (χ0) is 11.2. The van der Waals surface area contributed by atoms with Gasteiger partial charge in [-0.25, -0.2) is 4.98 Å². The number of H-pyrrole nitrogens is 1. The quantitative estimate of drug-likeness (QED) is 0.712. The predicted molar refractivity (Wildman–Crippen MR) is 67.4 cm³/mol. The summed E-state index contributed by atoms with van der Waals surface area (Å²) in [7, 11) is 0. The predicted octanol–water partition coefficient (Wildman–Crippen LogP) is 2.71. The number of nitrogens with zero attached hydrogens (tertiary/aromatic N) is 1. The second kappa shape index (κ2) is 5.66. The summed E-state index contributed by atoms with van der Waals surface area (Å²) in [6.07, 6.45) is 5.88. The van der Waals surface area contributed by atoms with Crippen molar-refractivity contribution < 1.29 is 0 Å². The minimum Gasteiger partial charge on any atom is -0.345 e. The molecule has 1 aliphatic heterocycles. The Morgan fingerprint density at radius 1 is 1.25 bits per heavy atom. The van der Waals surface area contributed by atoms with Crippen molar-refractivity contribution in [2.24, 2.45) is 0 Å². The van der Waals surface area contributed by atoms with Gasteiger partial charge in [-0.3, -0.25) is 0 Å². The SMILES string of the molecule is CC1CCCCN1.c1ccc2[nH]cnc2c1. The Balaban J connectivity index is 0.000000125. The molecule has 16 heavy (non-hydrogen) atoms. The van der Waals surface area contributed by atoms with E-state index in [-0.39, 0.29) is 0 Å². The van der Waals surface area contributed by atoms with E-state index in [0.29, 0.717) is 0 Å². The van der Waals surface area contributed by atoms with E-state index < -0.39 is 0 Å². The molecule has 0 radical (unpaired) electrons. The Bertz CT molecular complexity index is 386. The average Bonchev–Trinajstić information content (AvgIpc) is 2.79. The smallest absolute Gasteiger partial charge is 0.0931 e. The molecule has 1 aromatic carbocycles. The Morgan fingerprint density at radius 3 is 2.75 bits per heavy atom. The summed E-state index contributed by atoms with van der Waals surface area (Å²) >= 11 is 0. The number of imidazole rings is 1. The van der Waals surface area contributed by atoms with Crippen LogP contribution in [0.2, 0.25) is 0 Å². The molecule has 0 aliphatic carbocycles. The van der Waals surface area contributed by atoms with Crippen molar-refractivity contribution >= 4 is 11.0 Å². The molecule has 0 spiro atoms. The number of hydrogen-bond donors (Lipinski definition) is 2. The Morgan fingerprint density at radius 2 is 2.12 bits per heavy atom. The third kappa shape index (κ3) is 3.07. The maximum atomic E-state index is 4.06. The maximum Gasteiger partial charge on any atom is 0.0931 e. The summed E-state index contributed by atoms with van der Waals surface area (Å²) in [4.78, 5) is 7.07. The van der Waals surface area contributed by atoms with Crippen LogP contribution in [0.1, 0.15) is 26.2 Å². The van der Waals surface area contributed by atoms with Gasteiger partial charge in [0.1, 0.15) is 0 Å². The van der Waals surface area contributed by atoms with Crippen molar-refractivity contribution in [3.63, 3.8) is 0 Å². The molecule has 1 fully saturated rings. The zero-order valence-corrected chi connectivity index (χ0v) is 9.74. The third-order valence-electron chi connectivity index (χ3n) is 2.88. The summed E-state index contributed by atoms with van der Waals surface area (Å²) in [5.74, 6) is 0. The lowest BCUT2D eigenvalue weighted by Crippen LogP contribution is -2.30. The number of benzene rings is 1. The number of piperidine rings is 1. The summed E-state index contributed by atoms with van der Waals surface area (Å²) < 4.78 is 0. The van der Waals surface area contributed by atoms with Crippen molar-refractivity contribution in [3.05, 3.63) is 30.6 Å². The molecule has 1 saturated heterocycles. The molecule has 1 unspecified atom stereocenters. The van der Waals surface area contributed by atoms with E-state index in [1.54, 1.807) is 6.33 Å². The first kappa shape index (κ1) is 11.1. The lowest BCUT2D eigenvalue weighted by atomic mass is 10.1. The van der Waals surface area contributed by atoms with Crippen molar-refractivity contribution in [2.75, 3.05) is 6.54 Å². The van der Waals surface area contributed by atoms with Gasteiger partial charge in [0, 0.05) is 6.04 Å². The van der Waals surface area contributed by atoms with Crippen molar-refractivity contribution in [1.29, 1.82) is 0 Å². The molecule has 2 heterocycles. The molecule has 86 valence electrons. The number of nitrogens with one attached hydrogen (secondary N) is 2. The number of aromatic nitrogens is 2. The molecule has 3 rings (SSSR count). The minimum atomic E-state index is 0.786. The van der Waals surface area contributed by atoms with Gasteiger partial charge >= 0.3 is 0 Å². The number of aromatic amines is 1. The highest BCUT2D eigenvalue weighted by Gasteiger charge is 2.04. The van der Waals surface area contributed by atoms with Crippen LogP contribution in [0.4, 0.5) is 0 Å². The molecule has 0 saturated carbocycles. The molecule has 3 nitrogen and oxygen atoms in total. The highest BCUT2D eigenvalue weighted by atomic mass is 14.9. The van der Waals surface area contributed by atoms with Crippen LogP contribution in [0.25, 0.3) is 11.0 Å². The molecule has 1 aromatic heterocycles. The molecular weight excluding hydrogens is 198 g/mol. The van der Waals surface area contributed by atoms with Crippen molar-refractivity contribution in [1.82, 2.24) is 15.3 Å². The van der Waals surface area contributed by atoms with Crippen LogP contribution in [0, 0.1) is 0 Å².